The maximum Gasteiger partial charge on any atom is 0.360 e. The number of carbonyl (C=O) groups is 1. The summed E-state index contributed by atoms with van der Waals surface area (Å²) in [6.45, 7) is 0.416. The van der Waals surface area contributed by atoms with E-state index in [1.165, 1.54) is 13.5 Å². The number of methoxy groups -OCH3 is 1. The van der Waals surface area contributed by atoms with Crippen molar-refractivity contribution in [2.75, 3.05) is 7.11 Å². The van der Waals surface area contributed by atoms with Crippen LogP contribution in [0.5, 0.6) is 5.75 Å². The lowest BCUT2D eigenvalue weighted by molar-refractivity contribution is 0.0595. The van der Waals surface area contributed by atoms with Gasteiger partial charge in [-0.3, -0.25) is 0 Å². The molecule has 0 radical (unpaired) electrons. The van der Waals surface area contributed by atoms with Crippen LogP contribution in [0.15, 0.2) is 65.4 Å². The average molecular weight is 309 g/mol. The number of para-hydroxylation sites is 1. The molecule has 0 fully saturated rings. The van der Waals surface area contributed by atoms with Gasteiger partial charge in [0.15, 0.2) is 17.8 Å². The van der Waals surface area contributed by atoms with Gasteiger partial charge >= 0.3 is 5.97 Å². The van der Waals surface area contributed by atoms with E-state index in [9.17, 15) is 4.79 Å². The second-order valence-corrected chi connectivity index (χ2v) is 4.79. The van der Waals surface area contributed by atoms with Gasteiger partial charge in [0, 0.05) is 0 Å². The van der Waals surface area contributed by atoms with Crippen LogP contribution in [0.1, 0.15) is 16.1 Å². The fraction of sp³-hybridized carbons (Fsp3) is 0.111. The lowest BCUT2D eigenvalue weighted by Crippen LogP contribution is -2.04. The number of rotatable bonds is 5. The minimum absolute atomic E-state index is 0.128. The van der Waals surface area contributed by atoms with Crippen LogP contribution in [0.4, 0.5) is 0 Å². The third-order valence-electron chi connectivity index (χ3n) is 3.32. The second-order valence-electron chi connectivity index (χ2n) is 4.79. The van der Waals surface area contributed by atoms with Gasteiger partial charge in [-0.1, -0.05) is 42.5 Å². The van der Waals surface area contributed by atoms with Crippen LogP contribution in [0, 0.1) is 0 Å². The molecule has 0 N–H and O–H groups in total. The van der Waals surface area contributed by atoms with Crippen molar-refractivity contribution in [3.63, 3.8) is 0 Å². The summed E-state index contributed by atoms with van der Waals surface area (Å²) in [4.78, 5) is 15.7. The van der Waals surface area contributed by atoms with Gasteiger partial charge in [-0.15, -0.1) is 0 Å². The molecular formula is C18H15NO4. The molecule has 0 aliphatic heterocycles. The van der Waals surface area contributed by atoms with Gasteiger partial charge in [-0.2, -0.15) is 0 Å². The van der Waals surface area contributed by atoms with Gasteiger partial charge < -0.3 is 13.9 Å². The molecule has 116 valence electrons. The number of hydrogen-bond donors (Lipinski definition) is 0. The smallest absolute Gasteiger partial charge is 0.360 e. The van der Waals surface area contributed by atoms with Crippen LogP contribution in [0.2, 0.25) is 0 Å². The molecule has 23 heavy (non-hydrogen) atoms. The van der Waals surface area contributed by atoms with E-state index in [-0.39, 0.29) is 5.69 Å². The standard InChI is InChI=1S/C18H15NO4/c1-21-18(20)16-17(23-12-19-16)14-9-5-6-10-15(14)22-11-13-7-3-2-4-8-13/h2-10,12H,11H2,1H3. The normalized spacial score (nSPS) is 10.3. The topological polar surface area (TPSA) is 61.6 Å². The van der Waals surface area contributed by atoms with Gasteiger partial charge in [0.25, 0.3) is 0 Å². The molecule has 0 bridgehead atoms. The quantitative estimate of drug-likeness (QED) is 0.672. The van der Waals surface area contributed by atoms with E-state index in [0.29, 0.717) is 23.7 Å². The number of esters is 1. The summed E-state index contributed by atoms with van der Waals surface area (Å²) in [6.07, 6.45) is 1.22. The number of carbonyl (C=O) groups excluding carboxylic acids is 1. The van der Waals surface area contributed by atoms with Crippen LogP contribution >= 0.6 is 0 Å². The Morgan fingerprint density at radius 1 is 1.09 bits per heavy atom. The average Bonchev–Trinajstić information content (AvgIpc) is 3.10. The molecule has 0 amide bonds. The zero-order valence-electron chi connectivity index (χ0n) is 12.6. The zero-order chi connectivity index (χ0) is 16.1. The zero-order valence-corrected chi connectivity index (χ0v) is 12.6. The summed E-state index contributed by atoms with van der Waals surface area (Å²) in [5, 5.41) is 0. The summed E-state index contributed by atoms with van der Waals surface area (Å²) in [5.41, 5.74) is 1.83. The summed E-state index contributed by atoms with van der Waals surface area (Å²) in [7, 11) is 1.30. The van der Waals surface area contributed by atoms with Crippen molar-refractivity contribution in [2.45, 2.75) is 6.61 Å². The molecule has 5 heteroatoms. The van der Waals surface area contributed by atoms with Gasteiger partial charge in [-0.25, -0.2) is 9.78 Å². The van der Waals surface area contributed by atoms with E-state index in [0.717, 1.165) is 5.56 Å². The molecule has 0 aliphatic carbocycles. The second kappa shape index (κ2) is 6.79. The van der Waals surface area contributed by atoms with Crippen molar-refractivity contribution >= 4 is 5.97 Å². The fourth-order valence-electron chi connectivity index (χ4n) is 2.19. The first kappa shape index (κ1) is 14.8. The van der Waals surface area contributed by atoms with E-state index in [4.69, 9.17) is 13.9 Å². The first-order valence-corrected chi connectivity index (χ1v) is 7.07. The Bertz CT molecular complexity index is 796. The van der Waals surface area contributed by atoms with Crippen molar-refractivity contribution < 1.29 is 18.7 Å². The predicted octanol–water partition coefficient (Wildman–Crippen LogP) is 3.71. The van der Waals surface area contributed by atoms with Gasteiger partial charge in [0.2, 0.25) is 0 Å². The third-order valence-corrected chi connectivity index (χ3v) is 3.32. The molecule has 5 nitrogen and oxygen atoms in total. The molecule has 0 unspecified atom stereocenters. The predicted molar refractivity (Wildman–Crippen MR) is 84.1 cm³/mol. The number of aromatic nitrogens is 1. The number of ether oxygens (including phenoxy) is 2. The van der Waals surface area contributed by atoms with Crippen LogP contribution in [-0.4, -0.2) is 18.1 Å². The Hall–Kier alpha value is -3.08. The maximum absolute atomic E-state index is 11.8. The van der Waals surface area contributed by atoms with Crippen molar-refractivity contribution in [2.24, 2.45) is 0 Å². The molecule has 0 atom stereocenters. The van der Waals surface area contributed by atoms with Crippen molar-refractivity contribution in [3.8, 4) is 17.1 Å². The highest BCUT2D eigenvalue weighted by Gasteiger charge is 2.21. The monoisotopic (exact) mass is 309 g/mol. The van der Waals surface area contributed by atoms with E-state index < -0.39 is 5.97 Å². The SMILES string of the molecule is COC(=O)c1ncoc1-c1ccccc1OCc1ccccc1. The van der Waals surface area contributed by atoms with Gasteiger partial charge in [0.05, 0.1) is 12.7 Å². The molecule has 1 heterocycles. The van der Waals surface area contributed by atoms with Crippen LogP contribution in [0.25, 0.3) is 11.3 Å². The van der Waals surface area contributed by atoms with Crippen LogP contribution in [0.3, 0.4) is 0 Å². The van der Waals surface area contributed by atoms with Crippen LogP contribution in [-0.2, 0) is 11.3 Å². The molecule has 2 aromatic carbocycles. The Balaban J connectivity index is 1.89. The number of oxazole rings is 1. The van der Waals surface area contributed by atoms with Crippen molar-refractivity contribution in [3.05, 3.63) is 72.2 Å². The lowest BCUT2D eigenvalue weighted by atomic mass is 10.1. The highest BCUT2D eigenvalue weighted by Crippen LogP contribution is 2.32. The molecule has 0 saturated heterocycles. The summed E-state index contributed by atoms with van der Waals surface area (Å²) in [5.74, 6) is 0.394. The first-order valence-electron chi connectivity index (χ1n) is 7.07. The number of hydrogen-bond acceptors (Lipinski definition) is 5. The molecular weight excluding hydrogens is 294 g/mol. The van der Waals surface area contributed by atoms with E-state index >= 15 is 0 Å². The minimum Gasteiger partial charge on any atom is -0.488 e. The molecule has 3 aromatic rings. The fourth-order valence-corrected chi connectivity index (χ4v) is 2.19. The Morgan fingerprint density at radius 2 is 1.83 bits per heavy atom. The van der Waals surface area contributed by atoms with E-state index in [1.54, 1.807) is 0 Å². The minimum atomic E-state index is -0.549. The third kappa shape index (κ3) is 3.23. The van der Waals surface area contributed by atoms with Crippen LogP contribution < -0.4 is 4.74 Å². The molecule has 1 aromatic heterocycles. The summed E-state index contributed by atoms with van der Waals surface area (Å²) < 4.78 is 16.0. The highest BCUT2D eigenvalue weighted by atomic mass is 16.5. The van der Waals surface area contributed by atoms with Gasteiger partial charge in [0.1, 0.15) is 12.4 Å². The summed E-state index contributed by atoms with van der Waals surface area (Å²) in [6, 6.07) is 17.2. The molecule has 3 rings (SSSR count). The summed E-state index contributed by atoms with van der Waals surface area (Å²) >= 11 is 0. The Morgan fingerprint density at radius 3 is 2.61 bits per heavy atom. The number of nitrogens with zero attached hydrogens (tertiary/aromatic N) is 1. The molecule has 0 aliphatic rings. The Labute approximate surface area is 133 Å². The highest BCUT2D eigenvalue weighted by molar-refractivity contribution is 5.94. The van der Waals surface area contributed by atoms with Crippen molar-refractivity contribution in [1.29, 1.82) is 0 Å². The lowest BCUT2D eigenvalue weighted by Gasteiger charge is -2.10. The maximum atomic E-state index is 11.8. The molecule has 0 spiro atoms. The van der Waals surface area contributed by atoms with E-state index in [2.05, 4.69) is 4.98 Å². The number of benzene rings is 2. The first-order chi connectivity index (χ1) is 11.3. The largest absolute Gasteiger partial charge is 0.488 e. The molecule has 0 saturated carbocycles. The van der Waals surface area contributed by atoms with E-state index in [1.807, 2.05) is 54.6 Å². The van der Waals surface area contributed by atoms with Gasteiger partial charge in [-0.05, 0) is 17.7 Å². The van der Waals surface area contributed by atoms with Crippen molar-refractivity contribution in [1.82, 2.24) is 4.98 Å². The Kier molecular flexibility index (Phi) is 4.38.